The van der Waals surface area contributed by atoms with E-state index in [0.717, 1.165) is 5.69 Å². The molecule has 4 nitrogen and oxygen atoms in total. The number of benzene rings is 1. The van der Waals surface area contributed by atoms with Crippen LogP contribution in [0.4, 0.5) is 5.69 Å². The Kier molecular flexibility index (Phi) is 7.06. The van der Waals surface area contributed by atoms with Crippen molar-refractivity contribution >= 4 is 41.4 Å². The average Bonchev–Trinajstić information content (AvgIpc) is 2.26. The summed E-state index contributed by atoms with van der Waals surface area (Å²) in [6.45, 7) is 6.19. The van der Waals surface area contributed by atoms with Gasteiger partial charge in [-0.05, 0) is 69.4 Å². The summed E-state index contributed by atoms with van der Waals surface area (Å²) in [6, 6.07) is 8.22. The second kappa shape index (κ2) is 8.05. The van der Waals surface area contributed by atoms with Crippen molar-refractivity contribution in [2.45, 2.75) is 33.7 Å². The Morgan fingerprint density at radius 2 is 2.10 bits per heavy atom. The Hall–Kier alpha value is -0.520. The summed E-state index contributed by atoms with van der Waals surface area (Å²) < 4.78 is 5.65. The number of thiocarbonyl (C=S) groups is 1. The van der Waals surface area contributed by atoms with E-state index in [1.165, 1.54) is 5.56 Å². The highest BCUT2D eigenvalue weighted by Gasteiger charge is 2.19. The molecule has 20 heavy (non-hydrogen) atoms. The molecule has 3 N–H and O–H groups in total. The minimum atomic E-state index is -2.35. The van der Waals surface area contributed by atoms with Gasteiger partial charge in [0.25, 0.3) is 0 Å². The molecular weight excluding hydrogens is 309 g/mol. The SMILES string of the molecule is CCOP(=S)(NC(=S)Nc1cccc(C)c1)NC(C)C. The minimum absolute atomic E-state index is 0.224. The average molecular weight is 331 g/mol. The van der Waals surface area contributed by atoms with Crippen LogP contribution >= 0.6 is 18.8 Å². The van der Waals surface area contributed by atoms with E-state index >= 15 is 0 Å². The van der Waals surface area contributed by atoms with E-state index in [1.54, 1.807) is 0 Å². The van der Waals surface area contributed by atoms with Gasteiger partial charge in [-0.3, -0.25) is 0 Å². The minimum Gasteiger partial charge on any atom is -0.332 e. The summed E-state index contributed by atoms with van der Waals surface area (Å²) >= 11 is 10.8. The van der Waals surface area contributed by atoms with Gasteiger partial charge in [-0.15, -0.1) is 0 Å². The van der Waals surface area contributed by atoms with E-state index in [4.69, 9.17) is 28.5 Å². The van der Waals surface area contributed by atoms with E-state index in [9.17, 15) is 0 Å². The van der Waals surface area contributed by atoms with Crippen LogP contribution in [0.1, 0.15) is 26.3 Å². The predicted molar refractivity (Wildman–Crippen MR) is 94.7 cm³/mol. The molecule has 0 amide bonds. The third kappa shape index (κ3) is 6.29. The Morgan fingerprint density at radius 3 is 2.65 bits per heavy atom. The highest BCUT2D eigenvalue weighted by molar-refractivity contribution is 8.10. The number of hydrogen-bond acceptors (Lipinski definition) is 3. The molecule has 1 aromatic rings. The summed E-state index contributed by atoms with van der Waals surface area (Å²) in [4.78, 5) is 0. The fourth-order valence-corrected chi connectivity index (χ4v) is 5.11. The largest absolute Gasteiger partial charge is 0.332 e. The van der Waals surface area contributed by atoms with E-state index in [-0.39, 0.29) is 6.04 Å². The zero-order valence-electron chi connectivity index (χ0n) is 12.3. The highest BCUT2D eigenvalue weighted by atomic mass is 32.4. The van der Waals surface area contributed by atoms with Crippen LogP contribution in [0.5, 0.6) is 0 Å². The summed E-state index contributed by atoms with van der Waals surface area (Å²) in [5, 5.41) is 9.96. The first kappa shape index (κ1) is 17.5. The molecule has 0 heterocycles. The van der Waals surface area contributed by atoms with Crippen molar-refractivity contribution in [2.24, 2.45) is 0 Å². The standard InChI is InChI=1S/C13H22N3OPS2/c1-5-17-18(20,15-10(2)3)16-13(19)14-12-8-6-7-11(4)9-12/h6-10H,5H2,1-4H3,(H3,14,15,16,19,20). The first-order valence-corrected chi connectivity index (χ1v) is 9.66. The number of aryl methyl sites for hydroxylation is 1. The topological polar surface area (TPSA) is 45.3 Å². The third-order valence-corrected chi connectivity index (χ3v) is 5.52. The van der Waals surface area contributed by atoms with Crippen molar-refractivity contribution < 1.29 is 4.52 Å². The van der Waals surface area contributed by atoms with Gasteiger partial charge in [-0.1, -0.05) is 12.1 Å². The predicted octanol–water partition coefficient (Wildman–Crippen LogP) is 3.54. The highest BCUT2D eigenvalue weighted by Crippen LogP contribution is 2.38. The quantitative estimate of drug-likeness (QED) is 0.547. The summed E-state index contributed by atoms with van der Waals surface area (Å²) in [5.41, 5.74) is 2.10. The van der Waals surface area contributed by atoms with Gasteiger partial charge in [0.05, 0.1) is 6.61 Å². The maximum Gasteiger partial charge on any atom is 0.225 e. The molecule has 0 saturated heterocycles. The maximum absolute atomic E-state index is 5.65. The smallest absolute Gasteiger partial charge is 0.225 e. The third-order valence-electron chi connectivity index (χ3n) is 2.26. The zero-order valence-corrected chi connectivity index (χ0v) is 14.8. The lowest BCUT2D eigenvalue weighted by atomic mass is 10.2. The first-order valence-electron chi connectivity index (χ1n) is 6.53. The van der Waals surface area contributed by atoms with Crippen LogP contribution in [0.15, 0.2) is 24.3 Å². The molecule has 0 bridgehead atoms. The van der Waals surface area contributed by atoms with Crippen LogP contribution in [0, 0.1) is 6.92 Å². The molecule has 0 aliphatic rings. The van der Waals surface area contributed by atoms with Crippen molar-refractivity contribution in [1.29, 1.82) is 0 Å². The Labute approximate surface area is 131 Å². The molecule has 0 spiro atoms. The van der Waals surface area contributed by atoms with Gasteiger partial charge in [-0.2, -0.15) is 0 Å². The van der Waals surface area contributed by atoms with Crippen LogP contribution < -0.4 is 15.5 Å². The molecule has 0 saturated carbocycles. The van der Waals surface area contributed by atoms with Gasteiger partial charge in [0.1, 0.15) is 0 Å². The van der Waals surface area contributed by atoms with E-state index in [1.807, 2.05) is 52.0 Å². The summed E-state index contributed by atoms with van der Waals surface area (Å²) in [6.07, 6.45) is 0. The van der Waals surface area contributed by atoms with E-state index < -0.39 is 6.57 Å². The molecule has 1 aromatic carbocycles. The van der Waals surface area contributed by atoms with Gasteiger partial charge in [0, 0.05) is 11.7 Å². The number of nitrogens with one attached hydrogen (secondary N) is 3. The summed E-state index contributed by atoms with van der Waals surface area (Å²) in [7, 11) is 0. The molecule has 1 atom stereocenters. The normalized spacial score (nSPS) is 13.8. The lowest BCUT2D eigenvalue weighted by molar-refractivity contribution is 0.364. The number of anilines is 1. The van der Waals surface area contributed by atoms with Gasteiger partial charge >= 0.3 is 0 Å². The fraction of sp³-hybridized carbons (Fsp3) is 0.462. The maximum atomic E-state index is 5.65. The van der Waals surface area contributed by atoms with Crippen molar-refractivity contribution in [2.75, 3.05) is 11.9 Å². The van der Waals surface area contributed by atoms with E-state index in [2.05, 4.69) is 15.5 Å². The Morgan fingerprint density at radius 1 is 1.40 bits per heavy atom. The molecule has 0 radical (unpaired) electrons. The number of rotatable bonds is 6. The van der Waals surface area contributed by atoms with E-state index in [0.29, 0.717) is 11.7 Å². The van der Waals surface area contributed by atoms with Crippen molar-refractivity contribution in [3.63, 3.8) is 0 Å². The van der Waals surface area contributed by atoms with Crippen LogP contribution in [0.2, 0.25) is 0 Å². The lowest BCUT2D eigenvalue weighted by Crippen LogP contribution is -2.34. The molecule has 1 rings (SSSR count). The second-order valence-corrected chi connectivity index (χ2v) is 8.48. The Balaban J connectivity index is 2.69. The zero-order chi connectivity index (χ0) is 15.2. The number of hydrogen-bond donors (Lipinski definition) is 3. The monoisotopic (exact) mass is 331 g/mol. The van der Waals surface area contributed by atoms with Crippen molar-refractivity contribution in [3.05, 3.63) is 29.8 Å². The van der Waals surface area contributed by atoms with Crippen LogP contribution in [-0.4, -0.2) is 17.8 Å². The van der Waals surface area contributed by atoms with Gasteiger partial charge < -0.3 is 14.9 Å². The molecule has 0 aromatic heterocycles. The van der Waals surface area contributed by atoms with Crippen LogP contribution in [0.3, 0.4) is 0 Å². The summed E-state index contributed by atoms with van der Waals surface area (Å²) in [5.74, 6) is 0. The van der Waals surface area contributed by atoms with Crippen LogP contribution in [-0.2, 0) is 16.3 Å². The van der Waals surface area contributed by atoms with Crippen molar-refractivity contribution in [1.82, 2.24) is 10.2 Å². The molecule has 1 unspecified atom stereocenters. The molecule has 0 aliphatic carbocycles. The van der Waals surface area contributed by atoms with Crippen LogP contribution in [0.25, 0.3) is 0 Å². The lowest BCUT2D eigenvalue weighted by Gasteiger charge is -2.27. The van der Waals surface area contributed by atoms with Gasteiger partial charge in [-0.25, -0.2) is 5.09 Å². The van der Waals surface area contributed by atoms with Gasteiger partial charge in [0.2, 0.25) is 6.57 Å². The molecule has 112 valence electrons. The van der Waals surface area contributed by atoms with Crippen molar-refractivity contribution in [3.8, 4) is 0 Å². The first-order chi connectivity index (χ1) is 9.34. The molecule has 0 aliphatic heterocycles. The molecular formula is C13H22N3OPS2. The molecule has 0 fully saturated rings. The fourth-order valence-electron chi connectivity index (χ4n) is 1.64. The molecule has 7 heteroatoms. The Bertz CT molecular complexity index is 508. The van der Waals surface area contributed by atoms with Gasteiger partial charge in [0.15, 0.2) is 5.11 Å². The second-order valence-electron chi connectivity index (χ2n) is 4.69.